The van der Waals surface area contributed by atoms with Gasteiger partial charge in [-0.2, -0.15) is 0 Å². The maximum absolute atomic E-state index is 12.1. The predicted molar refractivity (Wildman–Crippen MR) is 118 cm³/mol. The summed E-state index contributed by atoms with van der Waals surface area (Å²) in [5, 5.41) is 5.67. The molecule has 152 valence electrons. The van der Waals surface area contributed by atoms with Gasteiger partial charge >= 0.3 is 6.03 Å². The smallest absolute Gasteiger partial charge is 0.319 e. The third-order valence-corrected chi connectivity index (χ3v) is 4.61. The van der Waals surface area contributed by atoms with Crippen LogP contribution >= 0.6 is 0 Å². The van der Waals surface area contributed by atoms with Gasteiger partial charge in [0.1, 0.15) is 12.4 Å². The lowest BCUT2D eigenvalue weighted by Gasteiger charge is -2.21. The normalized spacial score (nSPS) is 11.0. The van der Waals surface area contributed by atoms with Gasteiger partial charge in [-0.3, -0.25) is 0 Å². The lowest BCUT2D eigenvalue weighted by Crippen LogP contribution is -2.32. The van der Waals surface area contributed by atoms with Crippen LogP contribution in [0.1, 0.15) is 40.2 Å². The Morgan fingerprint density at radius 2 is 1.71 bits per heavy atom. The molecule has 28 heavy (non-hydrogen) atoms. The summed E-state index contributed by atoms with van der Waals surface area (Å²) in [6, 6.07) is 15.7. The van der Waals surface area contributed by atoms with E-state index in [-0.39, 0.29) is 11.4 Å². The second-order valence-electron chi connectivity index (χ2n) is 7.73. The third-order valence-electron chi connectivity index (χ3n) is 4.61. The molecule has 0 aliphatic rings. The van der Waals surface area contributed by atoms with E-state index in [0.29, 0.717) is 13.2 Å². The molecule has 0 aliphatic heterocycles. The molecule has 2 aromatic carbocycles. The SMILES string of the molecule is CCN(CC)c1ccc(NC(=O)NCCOc2cccc(C(C)(C)C)c2)cc1. The Labute approximate surface area is 169 Å². The van der Waals surface area contributed by atoms with E-state index in [2.05, 4.69) is 62.3 Å². The standard InChI is InChI=1S/C23H33N3O2/c1-6-26(7-2)20-13-11-19(12-14-20)25-22(27)24-15-16-28-21-10-8-9-18(17-21)23(3,4)5/h8-14,17H,6-7,15-16H2,1-5H3,(H2,24,25,27). The molecule has 2 rings (SSSR count). The Morgan fingerprint density at radius 3 is 2.32 bits per heavy atom. The van der Waals surface area contributed by atoms with Crippen LogP contribution in [0.3, 0.4) is 0 Å². The number of carbonyl (C=O) groups excluding carboxylic acids is 1. The van der Waals surface area contributed by atoms with Crippen LogP contribution in [0.5, 0.6) is 5.75 Å². The Bertz CT molecular complexity index is 747. The van der Waals surface area contributed by atoms with Crippen molar-refractivity contribution in [1.29, 1.82) is 0 Å². The zero-order valence-corrected chi connectivity index (χ0v) is 17.7. The van der Waals surface area contributed by atoms with Crippen LogP contribution < -0.4 is 20.3 Å². The van der Waals surface area contributed by atoms with E-state index in [0.717, 1.165) is 30.2 Å². The number of benzene rings is 2. The molecule has 0 atom stereocenters. The number of rotatable bonds is 8. The first-order valence-electron chi connectivity index (χ1n) is 9.96. The highest BCUT2D eigenvalue weighted by Gasteiger charge is 2.13. The summed E-state index contributed by atoms with van der Waals surface area (Å²) in [5.74, 6) is 0.821. The lowest BCUT2D eigenvalue weighted by molar-refractivity contribution is 0.247. The Kier molecular flexibility index (Phi) is 7.73. The average Bonchev–Trinajstić information content (AvgIpc) is 2.67. The summed E-state index contributed by atoms with van der Waals surface area (Å²) < 4.78 is 5.76. The van der Waals surface area contributed by atoms with Gasteiger partial charge < -0.3 is 20.3 Å². The number of hydrogen-bond donors (Lipinski definition) is 2. The molecule has 0 radical (unpaired) electrons. The van der Waals surface area contributed by atoms with Crippen molar-refractivity contribution in [1.82, 2.24) is 5.32 Å². The zero-order valence-electron chi connectivity index (χ0n) is 17.7. The molecule has 0 aliphatic carbocycles. The van der Waals surface area contributed by atoms with Crippen molar-refractivity contribution < 1.29 is 9.53 Å². The summed E-state index contributed by atoms with van der Waals surface area (Å²) in [6.45, 7) is 13.6. The number of nitrogens with zero attached hydrogens (tertiary/aromatic N) is 1. The van der Waals surface area contributed by atoms with Crippen LogP contribution in [-0.4, -0.2) is 32.3 Å². The largest absolute Gasteiger partial charge is 0.492 e. The van der Waals surface area contributed by atoms with Crippen LogP contribution in [-0.2, 0) is 5.41 Å². The second kappa shape index (κ2) is 10.0. The maximum Gasteiger partial charge on any atom is 0.319 e. The summed E-state index contributed by atoms with van der Waals surface area (Å²) in [6.07, 6.45) is 0. The Hall–Kier alpha value is -2.69. The summed E-state index contributed by atoms with van der Waals surface area (Å²) in [7, 11) is 0. The van der Waals surface area contributed by atoms with E-state index < -0.39 is 0 Å². The topological polar surface area (TPSA) is 53.6 Å². The summed E-state index contributed by atoms with van der Waals surface area (Å²) >= 11 is 0. The fourth-order valence-corrected chi connectivity index (χ4v) is 2.91. The van der Waals surface area contributed by atoms with E-state index in [1.165, 1.54) is 5.56 Å². The minimum absolute atomic E-state index is 0.0817. The molecule has 5 heteroatoms. The fraction of sp³-hybridized carbons (Fsp3) is 0.435. The van der Waals surface area contributed by atoms with Crippen molar-refractivity contribution in [2.45, 2.75) is 40.0 Å². The van der Waals surface area contributed by atoms with Gasteiger partial charge in [0.25, 0.3) is 0 Å². The van der Waals surface area contributed by atoms with Crippen LogP contribution in [0.4, 0.5) is 16.2 Å². The molecule has 0 bridgehead atoms. The van der Waals surface area contributed by atoms with Crippen LogP contribution in [0.25, 0.3) is 0 Å². The highest BCUT2D eigenvalue weighted by Crippen LogP contribution is 2.25. The van der Waals surface area contributed by atoms with Gasteiger partial charge in [-0.05, 0) is 61.2 Å². The van der Waals surface area contributed by atoms with Crippen LogP contribution in [0.15, 0.2) is 48.5 Å². The van der Waals surface area contributed by atoms with Gasteiger partial charge in [0.15, 0.2) is 0 Å². The van der Waals surface area contributed by atoms with E-state index in [9.17, 15) is 4.79 Å². The Balaban J connectivity index is 1.76. The van der Waals surface area contributed by atoms with Gasteiger partial charge in [-0.15, -0.1) is 0 Å². The number of carbonyl (C=O) groups is 1. The minimum Gasteiger partial charge on any atom is -0.492 e. The summed E-state index contributed by atoms with van der Waals surface area (Å²) in [4.78, 5) is 14.3. The van der Waals surface area contributed by atoms with Gasteiger partial charge in [0.2, 0.25) is 0 Å². The molecule has 2 aromatic rings. The molecule has 0 aromatic heterocycles. The first-order chi connectivity index (χ1) is 13.3. The van der Waals surface area contributed by atoms with Crippen molar-refractivity contribution in [3.63, 3.8) is 0 Å². The van der Waals surface area contributed by atoms with Gasteiger partial charge in [-0.1, -0.05) is 32.9 Å². The highest BCUT2D eigenvalue weighted by atomic mass is 16.5. The number of hydrogen-bond acceptors (Lipinski definition) is 3. The van der Waals surface area contributed by atoms with Gasteiger partial charge in [0.05, 0.1) is 6.54 Å². The Morgan fingerprint density at radius 1 is 1.04 bits per heavy atom. The van der Waals surface area contributed by atoms with Gasteiger partial charge in [0, 0.05) is 24.5 Å². The second-order valence-corrected chi connectivity index (χ2v) is 7.73. The van der Waals surface area contributed by atoms with Crippen LogP contribution in [0.2, 0.25) is 0 Å². The molecule has 0 heterocycles. The monoisotopic (exact) mass is 383 g/mol. The number of amides is 2. The zero-order chi connectivity index (χ0) is 20.6. The first kappa shape index (κ1) is 21.6. The minimum atomic E-state index is -0.234. The van der Waals surface area contributed by atoms with Gasteiger partial charge in [-0.25, -0.2) is 4.79 Å². The molecule has 0 saturated carbocycles. The predicted octanol–water partition coefficient (Wildman–Crippen LogP) is 5.03. The highest BCUT2D eigenvalue weighted by molar-refractivity contribution is 5.89. The van der Waals surface area contributed by atoms with Crippen molar-refractivity contribution in [3.8, 4) is 5.75 Å². The molecular weight excluding hydrogens is 350 g/mol. The molecule has 5 nitrogen and oxygen atoms in total. The summed E-state index contributed by atoms with van der Waals surface area (Å²) in [5.41, 5.74) is 3.23. The average molecular weight is 384 g/mol. The van der Waals surface area contributed by atoms with Crippen LogP contribution in [0, 0.1) is 0 Å². The van der Waals surface area contributed by atoms with Crippen molar-refractivity contribution in [2.24, 2.45) is 0 Å². The lowest BCUT2D eigenvalue weighted by atomic mass is 9.87. The molecular formula is C23H33N3O2. The van der Waals surface area contributed by atoms with E-state index in [1.807, 2.05) is 36.4 Å². The molecule has 2 N–H and O–H groups in total. The number of urea groups is 1. The molecule has 2 amide bonds. The molecule has 0 fully saturated rings. The van der Waals surface area contributed by atoms with Crippen molar-refractivity contribution in [3.05, 3.63) is 54.1 Å². The fourth-order valence-electron chi connectivity index (χ4n) is 2.91. The molecule has 0 unspecified atom stereocenters. The quantitative estimate of drug-likeness (QED) is 0.629. The molecule has 0 saturated heterocycles. The van der Waals surface area contributed by atoms with Crippen molar-refractivity contribution in [2.75, 3.05) is 36.5 Å². The van der Waals surface area contributed by atoms with E-state index in [4.69, 9.17) is 4.74 Å². The maximum atomic E-state index is 12.1. The van der Waals surface area contributed by atoms with E-state index in [1.54, 1.807) is 0 Å². The number of nitrogens with one attached hydrogen (secondary N) is 2. The number of anilines is 2. The van der Waals surface area contributed by atoms with E-state index >= 15 is 0 Å². The first-order valence-corrected chi connectivity index (χ1v) is 9.96. The number of ether oxygens (including phenoxy) is 1. The molecule has 0 spiro atoms. The van der Waals surface area contributed by atoms with Crippen molar-refractivity contribution >= 4 is 17.4 Å². The third kappa shape index (κ3) is 6.48.